The molecule has 1 N–H and O–H groups in total. The number of carbonyl (C=O) groups is 2. The quantitative estimate of drug-likeness (QED) is 0.129. The molecule has 0 aliphatic rings. The number of imidazole rings is 1. The van der Waals surface area contributed by atoms with Gasteiger partial charge in [-0.2, -0.15) is 9.78 Å². The summed E-state index contributed by atoms with van der Waals surface area (Å²) < 4.78 is 13.4. The molecule has 0 atom stereocenters. The molecule has 0 spiro atoms. The Hall–Kier alpha value is -4.93. The summed E-state index contributed by atoms with van der Waals surface area (Å²) in [5.41, 5.74) is 4.24. The molecule has 0 saturated heterocycles. The molecular weight excluding hydrogens is 558 g/mol. The minimum absolute atomic E-state index is 0.142. The molecule has 0 saturated carbocycles. The molecule has 0 unspecified atom stereocenters. The number of ether oxygens (including phenoxy) is 2. The van der Waals surface area contributed by atoms with Gasteiger partial charge in [-0.25, -0.2) is 14.8 Å². The van der Waals surface area contributed by atoms with E-state index in [1.807, 2.05) is 67.9 Å². The number of unbranched alkanes of at least 4 members (excludes halogenated alkanes) is 3. The van der Waals surface area contributed by atoms with E-state index < -0.39 is 11.7 Å². The summed E-state index contributed by atoms with van der Waals surface area (Å²) in [5.74, 6) is 0.470. The predicted molar refractivity (Wildman–Crippen MR) is 171 cm³/mol. The highest BCUT2D eigenvalue weighted by molar-refractivity contribution is 5.90. The fourth-order valence-corrected chi connectivity index (χ4v) is 4.92. The van der Waals surface area contributed by atoms with Crippen molar-refractivity contribution < 1.29 is 19.1 Å². The first-order valence-corrected chi connectivity index (χ1v) is 14.8. The number of nitrogens with one attached hydrogen (secondary N) is 1. The zero-order valence-electron chi connectivity index (χ0n) is 25.9. The lowest BCUT2D eigenvalue weighted by Gasteiger charge is -2.20. The third-order valence-corrected chi connectivity index (χ3v) is 7.23. The van der Waals surface area contributed by atoms with Crippen LogP contribution in [0.15, 0.2) is 67.3 Å². The van der Waals surface area contributed by atoms with E-state index in [0.29, 0.717) is 29.1 Å². The van der Waals surface area contributed by atoms with E-state index >= 15 is 0 Å². The van der Waals surface area contributed by atoms with Crippen molar-refractivity contribution in [3.8, 4) is 11.3 Å². The first-order chi connectivity index (χ1) is 21.1. The van der Waals surface area contributed by atoms with Crippen LogP contribution in [0.2, 0.25) is 0 Å². The first-order valence-electron chi connectivity index (χ1n) is 14.8. The number of esters is 1. The smallest absolute Gasteiger partial charge is 0.435 e. The number of hydrogen-bond donors (Lipinski definition) is 1. The molecule has 0 bridgehead atoms. The standard InChI is InChI=1S/C33H39N7O4/c1-33(2,3)44-32(42)40-28-20-23(11-12-24(28)21-35-40)27-22-39-19-17-34-31(39)30(37-27)36-25-13-15-26(16-14-25)38(4)18-9-7-6-8-10-29(41)43-5/h11-17,19-22H,6-10,18H2,1-5H3,(H,36,37). The third kappa shape index (κ3) is 7.34. The van der Waals surface area contributed by atoms with E-state index in [1.165, 1.54) is 11.8 Å². The summed E-state index contributed by atoms with van der Waals surface area (Å²) in [7, 11) is 3.51. The van der Waals surface area contributed by atoms with Crippen molar-refractivity contribution in [2.75, 3.05) is 30.9 Å². The van der Waals surface area contributed by atoms with Crippen LogP contribution in [-0.2, 0) is 14.3 Å². The van der Waals surface area contributed by atoms with Crippen molar-refractivity contribution in [3.05, 3.63) is 67.3 Å². The fraction of sp³-hybridized carbons (Fsp3) is 0.364. The molecule has 11 nitrogen and oxygen atoms in total. The first kappa shape index (κ1) is 30.5. The van der Waals surface area contributed by atoms with E-state index in [4.69, 9.17) is 14.5 Å². The molecular formula is C33H39N7O4. The van der Waals surface area contributed by atoms with Crippen molar-refractivity contribution in [2.45, 2.75) is 58.5 Å². The topological polar surface area (TPSA) is 116 Å². The Morgan fingerprint density at radius 2 is 1.80 bits per heavy atom. The molecule has 44 heavy (non-hydrogen) atoms. The number of rotatable bonds is 11. The van der Waals surface area contributed by atoms with Crippen LogP contribution < -0.4 is 10.2 Å². The van der Waals surface area contributed by atoms with Gasteiger partial charge in [-0.05, 0) is 63.9 Å². The molecule has 0 aliphatic heterocycles. The number of benzene rings is 2. The molecule has 230 valence electrons. The van der Waals surface area contributed by atoms with Crippen molar-refractivity contribution >= 4 is 45.8 Å². The van der Waals surface area contributed by atoms with Crippen LogP contribution in [0.1, 0.15) is 52.9 Å². The van der Waals surface area contributed by atoms with Gasteiger partial charge in [0.05, 0.1) is 24.5 Å². The number of fused-ring (bicyclic) bond motifs is 2. The van der Waals surface area contributed by atoms with E-state index in [2.05, 4.69) is 39.5 Å². The van der Waals surface area contributed by atoms with Crippen LogP contribution in [0, 0.1) is 0 Å². The van der Waals surface area contributed by atoms with Crippen LogP contribution in [-0.4, -0.2) is 62.5 Å². The lowest BCUT2D eigenvalue weighted by molar-refractivity contribution is -0.140. The Bertz CT molecular complexity index is 1750. The Labute approximate surface area is 256 Å². The number of aromatic nitrogens is 5. The van der Waals surface area contributed by atoms with Gasteiger partial charge in [-0.15, -0.1) is 0 Å². The van der Waals surface area contributed by atoms with E-state index in [9.17, 15) is 9.59 Å². The summed E-state index contributed by atoms with van der Waals surface area (Å²) in [5, 5.41) is 8.52. The SMILES string of the molecule is COC(=O)CCCCCCN(C)c1ccc(Nc2nc(-c3ccc4cnn(C(=O)OC(C)(C)C)c4c3)cn3ccnc23)cc1. The minimum atomic E-state index is -0.636. The van der Waals surface area contributed by atoms with Crippen molar-refractivity contribution in [1.29, 1.82) is 0 Å². The lowest BCUT2D eigenvalue weighted by atomic mass is 10.1. The molecule has 5 aromatic rings. The van der Waals surface area contributed by atoms with E-state index in [1.54, 1.807) is 12.4 Å². The maximum atomic E-state index is 12.8. The van der Waals surface area contributed by atoms with Gasteiger partial charge in [-0.3, -0.25) is 4.79 Å². The Morgan fingerprint density at radius 3 is 2.55 bits per heavy atom. The second-order valence-corrected chi connectivity index (χ2v) is 11.8. The van der Waals surface area contributed by atoms with Crippen LogP contribution in [0.3, 0.4) is 0 Å². The van der Waals surface area contributed by atoms with Crippen molar-refractivity contribution in [3.63, 3.8) is 0 Å². The summed E-state index contributed by atoms with van der Waals surface area (Å²) in [6, 6.07) is 14.0. The van der Waals surface area contributed by atoms with Gasteiger partial charge < -0.3 is 24.1 Å². The lowest BCUT2D eigenvalue weighted by Crippen LogP contribution is -2.27. The number of hydrogen-bond acceptors (Lipinski definition) is 9. The van der Waals surface area contributed by atoms with Crippen LogP contribution in [0.4, 0.5) is 22.0 Å². The fourth-order valence-electron chi connectivity index (χ4n) is 4.92. The Morgan fingerprint density at radius 1 is 1.02 bits per heavy atom. The van der Waals surface area contributed by atoms with Gasteiger partial charge in [0.15, 0.2) is 11.5 Å². The molecule has 3 heterocycles. The summed E-state index contributed by atoms with van der Waals surface area (Å²) in [6.45, 7) is 6.41. The summed E-state index contributed by atoms with van der Waals surface area (Å²) in [4.78, 5) is 35.7. The van der Waals surface area contributed by atoms with E-state index in [-0.39, 0.29) is 5.97 Å². The highest BCUT2D eigenvalue weighted by Crippen LogP contribution is 2.28. The predicted octanol–water partition coefficient (Wildman–Crippen LogP) is 6.83. The van der Waals surface area contributed by atoms with Gasteiger partial charge in [0.1, 0.15) is 5.60 Å². The number of carbonyl (C=O) groups excluding carboxylic acids is 2. The third-order valence-electron chi connectivity index (χ3n) is 7.23. The van der Waals surface area contributed by atoms with Gasteiger partial charge in [0.2, 0.25) is 0 Å². The molecule has 3 aromatic heterocycles. The van der Waals surface area contributed by atoms with Crippen molar-refractivity contribution in [1.82, 2.24) is 24.1 Å². The molecule has 2 aromatic carbocycles. The second-order valence-electron chi connectivity index (χ2n) is 11.8. The summed E-state index contributed by atoms with van der Waals surface area (Å²) >= 11 is 0. The van der Waals surface area contributed by atoms with Gasteiger partial charge in [0.25, 0.3) is 0 Å². The Kier molecular flexibility index (Phi) is 9.12. The minimum Gasteiger partial charge on any atom is -0.469 e. The summed E-state index contributed by atoms with van der Waals surface area (Å²) in [6.07, 6.45) is 11.1. The molecule has 0 amide bonds. The normalized spacial score (nSPS) is 11.6. The average Bonchev–Trinajstić information content (AvgIpc) is 3.65. The van der Waals surface area contributed by atoms with Gasteiger partial charge >= 0.3 is 12.1 Å². The molecule has 5 rings (SSSR count). The van der Waals surface area contributed by atoms with Crippen LogP contribution in [0.25, 0.3) is 27.8 Å². The van der Waals surface area contributed by atoms with E-state index in [0.717, 1.165) is 54.6 Å². The van der Waals surface area contributed by atoms with Gasteiger partial charge in [-0.1, -0.05) is 25.0 Å². The highest BCUT2D eigenvalue weighted by Gasteiger charge is 2.21. The van der Waals surface area contributed by atoms with Gasteiger partial charge in [0, 0.05) is 60.9 Å². The van der Waals surface area contributed by atoms with Crippen LogP contribution >= 0.6 is 0 Å². The van der Waals surface area contributed by atoms with Crippen LogP contribution in [0.5, 0.6) is 0 Å². The number of methoxy groups -OCH3 is 1. The molecule has 0 aliphatic carbocycles. The van der Waals surface area contributed by atoms with Crippen molar-refractivity contribution in [2.24, 2.45) is 0 Å². The molecule has 0 radical (unpaired) electrons. The maximum Gasteiger partial charge on any atom is 0.435 e. The largest absolute Gasteiger partial charge is 0.469 e. The number of anilines is 3. The zero-order valence-corrected chi connectivity index (χ0v) is 25.9. The second kappa shape index (κ2) is 13.2. The maximum absolute atomic E-state index is 12.8. The highest BCUT2D eigenvalue weighted by atomic mass is 16.6. The average molecular weight is 598 g/mol. The Balaban J connectivity index is 1.30. The molecule has 11 heteroatoms. The molecule has 0 fully saturated rings. The number of nitrogens with zero attached hydrogens (tertiary/aromatic N) is 6. The monoisotopic (exact) mass is 597 g/mol. The zero-order chi connectivity index (χ0) is 31.3.